The van der Waals surface area contributed by atoms with Crippen LogP contribution < -0.4 is 5.73 Å². The molecule has 0 aromatic carbocycles. The van der Waals surface area contributed by atoms with E-state index in [1.54, 1.807) is 0 Å². The minimum atomic E-state index is -4.53. The maximum absolute atomic E-state index is 12.2. The summed E-state index contributed by atoms with van der Waals surface area (Å²) in [5.41, 5.74) is 4.58. The molecular formula is C7H6F4N2. The van der Waals surface area contributed by atoms with E-state index in [4.69, 9.17) is 5.73 Å². The van der Waals surface area contributed by atoms with Crippen molar-refractivity contribution in [3.63, 3.8) is 0 Å². The van der Waals surface area contributed by atoms with Gasteiger partial charge in [0.2, 0.25) is 5.95 Å². The van der Waals surface area contributed by atoms with E-state index in [1.165, 1.54) is 0 Å². The molecule has 0 radical (unpaired) electrons. The van der Waals surface area contributed by atoms with Gasteiger partial charge in [-0.3, -0.25) is 0 Å². The molecule has 0 aliphatic rings. The van der Waals surface area contributed by atoms with Gasteiger partial charge < -0.3 is 5.73 Å². The second kappa shape index (κ2) is 3.29. The minimum Gasteiger partial charge on any atom is -0.316 e. The van der Waals surface area contributed by atoms with Crippen molar-refractivity contribution in [3.8, 4) is 0 Å². The molecule has 1 unspecified atom stereocenters. The first-order valence-corrected chi connectivity index (χ1v) is 3.35. The Morgan fingerprint density at radius 1 is 1.31 bits per heavy atom. The lowest BCUT2D eigenvalue weighted by Crippen LogP contribution is -2.28. The smallest absolute Gasteiger partial charge is 0.316 e. The van der Waals surface area contributed by atoms with Crippen LogP contribution in [0.2, 0.25) is 0 Å². The zero-order valence-corrected chi connectivity index (χ0v) is 6.35. The molecule has 2 nitrogen and oxygen atoms in total. The molecule has 0 aliphatic carbocycles. The van der Waals surface area contributed by atoms with Crippen LogP contribution in [0.1, 0.15) is 11.6 Å². The highest BCUT2D eigenvalue weighted by Crippen LogP contribution is 2.29. The second-order valence-electron chi connectivity index (χ2n) is 2.43. The Bertz CT molecular complexity index is 280. The summed E-state index contributed by atoms with van der Waals surface area (Å²) in [6.45, 7) is 0. The molecular weight excluding hydrogens is 188 g/mol. The van der Waals surface area contributed by atoms with Gasteiger partial charge in [-0.1, -0.05) is 6.07 Å². The van der Waals surface area contributed by atoms with Crippen molar-refractivity contribution in [2.75, 3.05) is 0 Å². The summed E-state index contributed by atoms with van der Waals surface area (Å²) in [6.07, 6.45) is -3.76. The largest absolute Gasteiger partial charge is 0.407 e. The number of nitrogens with zero attached hydrogens (tertiary/aromatic N) is 1. The number of alkyl halides is 3. The van der Waals surface area contributed by atoms with Gasteiger partial charge in [-0.25, -0.2) is 4.98 Å². The van der Waals surface area contributed by atoms with Crippen LogP contribution >= 0.6 is 0 Å². The fourth-order valence-corrected chi connectivity index (χ4v) is 0.760. The van der Waals surface area contributed by atoms with Crippen LogP contribution in [0.4, 0.5) is 17.6 Å². The third-order valence-electron chi connectivity index (χ3n) is 1.46. The van der Waals surface area contributed by atoms with E-state index in [1.807, 2.05) is 0 Å². The fourth-order valence-electron chi connectivity index (χ4n) is 0.760. The van der Waals surface area contributed by atoms with E-state index in [0.29, 0.717) is 0 Å². The van der Waals surface area contributed by atoms with Gasteiger partial charge in [-0.15, -0.1) is 0 Å². The molecule has 2 N–H and O–H groups in total. The van der Waals surface area contributed by atoms with Gasteiger partial charge in [-0.05, 0) is 11.6 Å². The van der Waals surface area contributed by atoms with Crippen molar-refractivity contribution < 1.29 is 17.6 Å². The molecule has 1 atom stereocenters. The minimum absolute atomic E-state index is 0.256. The number of rotatable bonds is 1. The van der Waals surface area contributed by atoms with Gasteiger partial charge in [0.05, 0.1) is 0 Å². The fraction of sp³-hybridized carbons (Fsp3) is 0.286. The summed E-state index contributed by atoms with van der Waals surface area (Å²) >= 11 is 0. The van der Waals surface area contributed by atoms with Gasteiger partial charge in [-0.2, -0.15) is 17.6 Å². The maximum atomic E-state index is 12.2. The van der Waals surface area contributed by atoms with Crippen molar-refractivity contribution in [3.05, 3.63) is 29.8 Å². The summed E-state index contributed by atoms with van der Waals surface area (Å²) in [7, 11) is 0. The van der Waals surface area contributed by atoms with Gasteiger partial charge in [0.15, 0.2) is 0 Å². The number of hydrogen-bond acceptors (Lipinski definition) is 2. The Morgan fingerprint density at radius 3 is 2.31 bits per heavy atom. The lowest BCUT2D eigenvalue weighted by Gasteiger charge is -2.14. The number of pyridine rings is 1. The summed E-state index contributed by atoms with van der Waals surface area (Å²) in [5.74, 6) is -0.835. The average molecular weight is 194 g/mol. The Balaban J connectivity index is 2.90. The third kappa shape index (κ3) is 2.38. The van der Waals surface area contributed by atoms with E-state index >= 15 is 0 Å². The highest BCUT2D eigenvalue weighted by Gasteiger charge is 2.37. The van der Waals surface area contributed by atoms with Crippen LogP contribution in [-0.4, -0.2) is 11.2 Å². The van der Waals surface area contributed by atoms with Crippen molar-refractivity contribution in [2.45, 2.75) is 12.2 Å². The molecule has 0 fully saturated rings. The van der Waals surface area contributed by atoms with E-state index in [9.17, 15) is 17.6 Å². The first kappa shape index (κ1) is 9.91. The second-order valence-corrected chi connectivity index (χ2v) is 2.43. The van der Waals surface area contributed by atoms with Crippen LogP contribution in [0, 0.1) is 5.95 Å². The van der Waals surface area contributed by atoms with Gasteiger partial charge in [0.1, 0.15) is 6.04 Å². The lowest BCUT2D eigenvalue weighted by molar-refractivity contribution is -0.149. The van der Waals surface area contributed by atoms with Gasteiger partial charge in [0.25, 0.3) is 0 Å². The summed E-state index contributed by atoms with van der Waals surface area (Å²) in [4.78, 5) is 3.07. The summed E-state index contributed by atoms with van der Waals surface area (Å²) in [5, 5.41) is 0. The van der Waals surface area contributed by atoms with Crippen LogP contribution in [-0.2, 0) is 0 Å². The maximum Gasteiger partial charge on any atom is 0.407 e. The first-order chi connectivity index (χ1) is 5.91. The summed E-state index contributed by atoms with van der Waals surface area (Å²) < 4.78 is 48.2. The van der Waals surface area contributed by atoms with Gasteiger partial charge >= 0.3 is 6.18 Å². The molecule has 0 amide bonds. The quantitative estimate of drug-likeness (QED) is 0.546. The predicted octanol–water partition coefficient (Wildman–Crippen LogP) is 1.78. The molecule has 0 bridgehead atoms. The van der Waals surface area contributed by atoms with Gasteiger partial charge in [0, 0.05) is 6.20 Å². The highest BCUT2D eigenvalue weighted by molar-refractivity contribution is 5.15. The number of hydrogen-bond donors (Lipinski definition) is 1. The average Bonchev–Trinajstić information content (AvgIpc) is 2.03. The molecule has 0 saturated heterocycles. The summed E-state index contributed by atoms with van der Waals surface area (Å²) in [6, 6.07) is -0.317. The van der Waals surface area contributed by atoms with Crippen LogP contribution in [0.3, 0.4) is 0 Å². The molecule has 6 heteroatoms. The molecule has 13 heavy (non-hydrogen) atoms. The normalized spacial score (nSPS) is 14.2. The molecule has 1 rings (SSSR count). The third-order valence-corrected chi connectivity index (χ3v) is 1.46. The Morgan fingerprint density at radius 2 is 1.92 bits per heavy atom. The molecule has 0 saturated carbocycles. The Labute approximate surface area is 71.4 Å². The standard InChI is InChI=1S/C7H6F4N2/c8-5-2-1-4(3-13-5)6(12)7(9,10)11/h1-3,6H,12H2. The SMILES string of the molecule is NC(c1ccc(F)nc1)C(F)(F)F. The first-order valence-electron chi connectivity index (χ1n) is 3.35. The van der Waals surface area contributed by atoms with Crippen LogP contribution in [0.5, 0.6) is 0 Å². The highest BCUT2D eigenvalue weighted by atomic mass is 19.4. The van der Waals surface area contributed by atoms with E-state index < -0.39 is 18.2 Å². The molecule has 1 heterocycles. The van der Waals surface area contributed by atoms with Crippen LogP contribution in [0.15, 0.2) is 18.3 Å². The number of halogens is 4. The lowest BCUT2D eigenvalue weighted by atomic mass is 10.1. The predicted molar refractivity (Wildman–Crippen MR) is 37.2 cm³/mol. The van der Waals surface area contributed by atoms with E-state index in [0.717, 1.165) is 18.3 Å². The molecule has 1 aromatic rings. The van der Waals surface area contributed by atoms with Crippen molar-refractivity contribution in [2.24, 2.45) is 5.73 Å². The van der Waals surface area contributed by atoms with E-state index in [-0.39, 0.29) is 5.56 Å². The Kier molecular flexibility index (Phi) is 2.51. The van der Waals surface area contributed by atoms with Crippen molar-refractivity contribution in [1.29, 1.82) is 0 Å². The van der Waals surface area contributed by atoms with Crippen LogP contribution in [0.25, 0.3) is 0 Å². The number of nitrogens with two attached hydrogens (primary N) is 1. The topological polar surface area (TPSA) is 38.9 Å². The van der Waals surface area contributed by atoms with E-state index in [2.05, 4.69) is 4.98 Å². The van der Waals surface area contributed by atoms with Crippen molar-refractivity contribution in [1.82, 2.24) is 4.98 Å². The zero-order valence-electron chi connectivity index (χ0n) is 6.35. The zero-order chi connectivity index (χ0) is 10.1. The Hall–Kier alpha value is -1.17. The van der Waals surface area contributed by atoms with Crippen molar-refractivity contribution >= 4 is 0 Å². The molecule has 0 spiro atoms. The molecule has 1 aromatic heterocycles. The number of aromatic nitrogens is 1. The molecule has 0 aliphatic heterocycles. The molecule has 72 valence electrons. The monoisotopic (exact) mass is 194 g/mol.